The Balaban J connectivity index is 1.92. The van der Waals surface area contributed by atoms with Gasteiger partial charge in [-0.15, -0.1) is 0 Å². The van der Waals surface area contributed by atoms with Crippen molar-refractivity contribution in [3.63, 3.8) is 0 Å². The maximum absolute atomic E-state index is 12.5. The lowest BCUT2D eigenvalue weighted by Gasteiger charge is -2.25. The third-order valence-electron chi connectivity index (χ3n) is 3.94. The molecule has 9 heteroatoms. The number of aromatic nitrogens is 1. The van der Waals surface area contributed by atoms with Crippen LogP contribution in [-0.4, -0.2) is 34.3 Å². The van der Waals surface area contributed by atoms with E-state index >= 15 is 0 Å². The van der Waals surface area contributed by atoms with Gasteiger partial charge < -0.3 is 10.4 Å². The summed E-state index contributed by atoms with van der Waals surface area (Å²) in [5.74, 6) is -1.61. The lowest BCUT2D eigenvalue weighted by atomic mass is 9.82. The van der Waals surface area contributed by atoms with Crippen molar-refractivity contribution in [1.29, 1.82) is 0 Å². The third-order valence-corrected chi connectivity index (χ3v) is 4.88. The van der Waals surface area contributed by atoms with Gasteiger partial charge in [-0.3, -0.25) is 9.59 Å². The molecule has 1 aromatic carbocycles. The molecule has 5 nitrogen and oxygen atoms in total. The predicted molar refractivity (Wildman–Crippen MR) is 94.4 cm³/mol. The number of benzene rings is 1. The molecule has 2 aromatic rings. The van der Waals surface area contributed by atoms with Gasteiger partial charge in [-0.2, -0.15) is 13.2 Å². The van der Waals surface area contributed by atoms with Gasteiger partial charge in [-0.25, -0.2) is 4.98 Å². The van der Waals surface area contributed by atoms with Crippen LogP contribution in [0.2, 0.25) is 0 Å². The minimum absolute atomic E-state index is 0.0944. The number of carbonyl (C=O) groups is 2. The molecule has 2 N–H and O–H groups in total. The molecule has 1 heterocycles. The van der Waals surface area contributed by atoms with Crippen molar-refractivity contribution < 1.29 is 27.9 Å². The molecule has 1 atom stereocenters. The first-order valence-corrected chi connectivity index (χ1v) is 8.83. The Bertz CT molecular complexity index is 798. The summed E-state index contributed by atoms with van der Waals surface area (Å²) < 4.78 is 37.5. The van der Waals surface area contributed by atoms with Crippen LogP contribution in [0.1, 0.15) is 18.1 Å². The maximum atomic E-state index is 12.5. The number of nitrogens with zero attached hydrogens (tertiary/aromatic N) is 1. The number of carboxylic acid groups (broad SMARTS) is 1. The Morgan fingerprint density at radius 2 is 1.78 bits per heavy atom. The second kappa shape index (κ2) is 8.43. The molecule has 0 radical (unpaired) electrons. The van der Waals surface area contributed by atoms with E-state index < -0.39 is 29.0 Å². The van der Waals surface area contributed by atoms with Crippen LogP contribution in [0.25, 0.3) is 0 Å². The zero-order valence-electron chi connectivity index (χ0n) is 14.3. The highest BCUT2D eigenvalue weighted by Gasteiger charge is 2.35. The molecule has 0 aliphatic carbocycles. The number of carboxylic acids is 1. The molecule has 144 valence electrons. The molecular formula is C18H17F3N2O3S. The monoisotopic (exact) mass is 398 g/mol. The Labute approximate surface area is 158 Å². The normalized spacial score (nSPS) is 13.6. The van der Waals surface area contributed by atoms with Crippen LogP contribution in [0.15, 0.2) is 53.7 Å². The van der Waals surface area contributed by atoms with Gasteiger partial charge >= 0.3 is 12.1 Å². The number of rotatable bonds is 7. The summed E-state index contributed by atoms with van der Waals surface area (Å²) >= 11 is 0.965. The lowest BCUT2D eigenvalue weighted by Crippen LogP contribution is -2.44. The van der Waals surface area contributed by atoms with E-state index in [1.807, 2.05) is 0 Å². The maximum Gasteiger partial charge on any atom is 0.417 e. The molecule has 0 saturated heterocycles. The fraction of sp³-hybridized carbons (Fsp3) is 0.278. The minimum Gasteiger partial charge on any atom is -0.481 e. The molecule has 0 aliphatic rings. The van der Waals surface area contributed by atoms with Crippen molar-refractivity contribution in [2.45, 2.75) is 23.5 Å². The summed E-state index contributed by atoms with van der Waals surface area (Å²) in [6.45, 7) is 1.39. The van der Waals surface area contributed by atoms with Crippen molar-refractivity contribution in [3.8, 4) is 0 Å². The van der Waals surface area contributed by atoms with Gasteiger partial charge in [-0.1, -0.05) is 42.1 Å². The second-order valence-corrected chi connectivity index (χ2v) is 6.95. The van der Waals surface area contributed by atoms with Gasteiger partial charge in [0.2, 0.25) is 5.91 Å². The van der Waals surface area contributed by atoms with Gasteiger partial charge in [-0.05, 0) is 24.6 Å². The van der Waals surface area contributed by atoms with E-state index in [9.17, 15) is 27.9 Å². The first-order chi connectivity index (χ1) is 12.6. The molecule has 1 amide bonds. The molecule has 0 aliphatic heterocycles. The van der Waals surface area contributed by atoms with Crippen molar-refractivity contribution in [2.75, 3.05) is 12.3 Å². The summed E-state index contributed by atoms with van der Waals surface area (Å²) in [4.78, 5) is 27.3. The number of alkyl halides is 3. The third kappa shape index (κ3) is 5.46. The van der Waals surface area contributed by atoms with Crippen molar-refractivity contribution in [3.05, 3.63) is 59.8 Å². The number of aliphatic carboxylic acids is 1. The van der Waals surface area contributed by atoms with E-state index in [2.05, 4.69) is 10.3 Å². The van der Waals surface area contributed by atoms with E-state index in [1.165, 1.54) is 13.0 Å². The number of amides is 1. The van der Waals surface area contributed by atoms with Gasteiger partial charge in [0, 0.05) is 12.7 Å². The molecule has 2 rings (SSSR count). The second-order valence-electron chi connectivity index (χ2n) is 5.95. The van der Waals surface area contributed by atoms with Crippen molar-refractivity contribution in [1.82, 2.24) is 10.3 Å². The number of hydrogen-bond donors (Lipinski definition) is 2. The van der Waals surface area contributed by atoms with Gasteiger partial charge in [0.15, 0.2) is 0 Å². The Morgan fingerprint density at radius 1 is 1.11 bits per heavy atom. The van der Waals surface area contributed by atoms with Crippen LogP contribution in [0, 0.1) is 0 Å². The van der Waals surface area contributed by atoms with Gasteiger partial charge in [0.05, 0.1) is 16.3 Å². The quantitative estimate of drug-likeness (QED) is 0.700. The fourth-order valence-electron chi connectivity index (χ4n) is 2.21. The van der Waals surface area contributed by atoms with Crippen LogP contribution in [-0.2, 0) is 21.2 Å². The number of thioether (sulfide) groups is 1. The van der Waals surface area contributed by atoms with Crippen molar-refractivity contribution >= 4 is 23.6 Å². The van der Waals surface area contributed by atoms with Crippen LogP contribution in [0.5, 0.6) is 0 Å². The standard InChI is InChI=1S/C18H17F3N2O3S/c1-17(16(25)26,12-5-3-2-4-6-12)11-23-14(24)10-27-15-8-7-13(9-22-15)18(19,20)21/h2-9H,10-11H2,1H3,(H,23,24)(H,25,26). The molecule has 0 saturated carbocycles. The zero-order chi connectivity index (χ0) is 20.1. The molecule has 0 fully saturated rings. The SMILES string of the molecule is CC(CNC(=O)CSc1ccc(C(F)(F)F)cn1)(C(=O)O)c1ccccc1. The van der Waals surface area contributed by atoms with Crippen LogP contribution < -0.4 is 5.32 Å². The first-order valence-electron chi connectivity index (χ1n) is 7.84. The van der Waals surface area contributed by atoms with Gasteiger partial charge in [0.25, 0.3) is 0 Å². The molecule has 0 bridgehead atoms. The fourth-order valence-corrected chi connectivity index (χ4v) is 2.88. The van der Waals surface area contributed by atoms with Crippen LogP contribution in [0.4, 0.5) is 13.2 Å². The highest BCUT2D eigenvalue weighted by atomic mass is 32.2. The molecule has 1 aromatic heterocycles. The van der Waals surface area contributed by atoms with E-state index in [-0.39, 0.29) is 17.3 Å². The molecule has 27 heavy (non-hydrogen) atoms. The van der Waals surface area contributed by atoms with Gasteiger partial charge in [0.1, 0.15) is 5.41 Å². The highest BCUT2D eigenvalue weighted by Crippen LogP contribution is 2.29. The number of hydrogen-bond acceptors (Lipinski definition) is 4. The summed E-state index contributed by atoms with van der Waals surface area (Å²) in [7, 11) is 0. The summed E-state index contributed by atoms with van der Waals surface area (Å²) in [5.41, 5.74) is -1.61. The molecule has 0 spiro atoms. The predicted octanol–water partition coefficient (Wildman–Crippen LogP) is 3.35. The average molecular weight is 398 g/mol. The summed E-state index contributed by atoms with van der Waals surface area (Å²) in [5, 5.41) is 12.4. The highest BCUT2D eigenvalue weighted by molar-refractivity contribution is 7.99. The minimum atomic E-state index is -4.47. The van der Waals surface area contributed by atoms with E-state index in [4.69, 9.17) is 0 Å². The van der Waals surface area contributed by atoms with E-state index in [0.29, 0.717) is 11.8 Å². The number of halogens is 3. The Morgan fingerprint density at radius 3 is 2.30 bits per heavy atom. The number of nitrogens with one attached hydrogen (secondary N) is 1. The Kier molecular flexibility index (Phi) is 6.48. The summed E-state index contributed by atoms with van der Waals surface area (Å²) in [6, 6.07) is 10.6. The summed E-state index contributed by atoms with van der Waals surface area (Å²) in [6.07, 6.45) is -3.76. The van der Waals surface area contributed by atoms with E-state index in [0.717, 1.165) is 17.8 Å². The average Bonchev–Trinajstić information content (AvgIpc) is 2.64. The number of carbonyl (C=O) groups excluding carboxylic acids is 1. The first kappa shape index (κ1) is 20.8. The van der Waals surface area contributed by atoms with E-state index in [1.54, 1.807) is 30.3 Å². The topological polar surface area (TPSA) is 79.3 Å². The van der Waals surface area contributed by atoms with Crippen LogP contribution in [0.3, 0.4) is 0 Å². The van der Waals surface area contributed by atoms with Crippen molar-refractivity contribution in [2.24, 2.45) is 0 Å². The van der Waals surface area contributed by atoms with Crippen LogP contribution >= 0.6 is 11.8 Å². The largest absolute Gasteiger partial charge is 0.481 e. The number of pyridine rings is 1. The molecule has 1 unspecified atom stereocenters. The smallest absolute Gasteiger partial charge is 0.417 e. The zero-order valence-corrected chi connectivity index (χ0v) is 15.1. The Hall–Kier alpha value is -2.55. The molecular weight excluding hydrogens is 381 g/mol. The lowest BCUT2D eigenvalue weighted by molar-refractivity contribution is -0.143.